The van der Waals surface area contributed by atoms with Crippen molar-refractivity contribution in [2.75, 3.05) is 0 Å². The number of halogens is 1. The predicted octanol–water partition coefficient (Wildman–Crippen LogP) is 2.57. The van der Waals surface area contributed by atoms with Crippen molar-refractivity contribution in [3.05, 3.63) is 28.8 Å². The number of carboxylic acid groups (broad SMARTS) is 1. The van der Waals surface area contributed by atoms with Gasteiger partial charge >= 0.3 is 5.97 Å². The van der Waals surface area contributed by atoms with Crippen LogP contribution in [0, 0.1) is 6.92 Å². The molecule has 0 saturated carbocycles. The molecule has 0 aromatic heterocycles. The SMILES string of the molecule is Cc1c(Cl)cccc1S(=O)(=O)NC(C)CCCC(=O)O. The third-order valence-electron chi connectivity index (χ3n) is 2.89. The van der Waals surface area contributed by atoms with Crippen molar-refractivity contribution < 1.29 is 18.3 Å². The van der Waals surface area contributed by atoms with Crippen LogP contribution in [0.3, 0.4) is 0 Å². The van der Waals surface area contributed by atoms with Gasteiger partial charge in [0.2, 0.25) is 10.0 Å². The van der Waals surface area contributed by atoms with Gasteiger partial charge in [-0.25, -0.2) is 13.1 Å². The lowest BCUT2D eigenvalue weighted by molar-refractivity contribution is -0.137. The number of sulfonamides is 1. The number of benzene rings is 1. The van der Waals surface area contributed by atoms with Gasteiger partial charge in [-0.15, -0.1) is 0 Å². The lowest BCUT2D eigenvalue weighted by Crippen LogP contribution is -2.33. The zero-order valence-corrected chi connectivity index (χ0v) is 13.0. The Morgan fingerprint density at radius 1 is 1.45 bits per heavy atom. The quantitative estimate of drug-likeness (QED) is 0.809. The van der Waals surface area contributed by atoms with Crippen LogP contribution in [0.5, 0.6) is 0 Å². The van der Waals surface area contributed by atoms with Crippen molar-refractivity contribution in [1.82, 2.24) is 4.72 Å². The third-order valence-corrected chi connectivity index (χ3v) is 5.04. The Bertz CT molecular complexity index is 586. The summed E-state index contributed by atoms with van der Waals surface area (Å²) in [4.78, 5) is 10.6. The molecule has 5 nitrogen and oxygen atoms in total. The van der Waals surface area contributed by atoms with Crippen molar-refractivity contribution in [1.29, 1.82) is 0 Å². The van der Waals surface area contributed by atoms with Crippen LogP contribution in [0.4, 0.5) is 0 Å². The summed E-state index contributed by atoms with van der Waals surface area (Å²) in [6.45, 7) is 3.35. The van der Waals surface area contributed by atoms with Crippen LogP contribution in [0.2, 0.25) is 5.02 Å². The maximum atomic E-state index is 12.2. The predicted molar refractivity (Wildman–Crippen MR) is 77.5 cm³/mol. The number of hydrogen-bond acceptors (Lipinski definition) is 3. The fourth-order valence-corrected chi connectivity index (χ4v) is 3.60. The molecule has 0 aliphatic carbocycles. The van der Waals surface area contributed by atoms with Crippen molar-refractivity contribution in [2.45, 2.75) is 44.0 Å². The zero-order valence-electron chi connectivity index (χ0n) is 11.4. The molecule has 0 saturated heterocycles. The second-order valence-corrected chi connectivity index (χ2v) is 6.76. The minimum atomic E-state index is -3.65. The minimum Gasteiger partial charge on any atom is -0.481 e. The number of rotatable bonds is 7. The molecule has 1 aromatic carbocycles. The number of carbonyl (C=O) groups is 1. The monoisotopic (exact) mass is 319 g/mol. The summed E-state index contributed by atoms with van der Waals surface area (Å²) < 4.78 is 27.0. The first-order valence-electron chi connectivity index (χ1n) is 6.23. The molecule has 0 spiro atoms. The molecule has 0 amide bonds. The van der Waals surface area contributed by atoms with Gasteiger partial charge in [-0.3, -0.25) is 4.79 Å². The van der Waals surface area contributed by atoms with E-state index in [0.29, 0.717) is 23.4 Å². The van der Waals surface area contributed by atoms with E-state index in [1.807, 2.05) is 0 Å². The first-order valence-corrected chi connectivity index (χ1v) is 8.09. The molecule has 1 aromatic rings. The van der Waals surface area contributed by atoms with E-state index < -0.39 is 16.0 Å². The molecule has 0 bridgehead atoms. The summed E-state index contributed by atoms with van der Waals surface area (Å²) in [6, 6.07) is 4.37. The Kier molecular flexibility index (Phi) is 5.98. The lowest BCUT2D eigenvalue weighted by atomic mass is 10.1. The second-order valence-electron chi connectivity index (χ2n) is 4.67. The van der Waals surface area contributed by atoms with Crippen molar-refractivity contribution in [3.63, 3.8) is 0 Å². The largest absolute Gasteiger partial charge is 0.481 e. The Morgan fingerprint density at radius 3 is 2.70 bits per heavy atom. The maximum absolute atomic E-state index is 12.2. The fraction of sp³-hybridized carbons (Fsp3) is 0.462. The minimum absolute atomic E-state index is 0.0300. The van der Waals surface area contributed by atoms with Crippen LogP contribution >= 0.6 is 11.6 Å². The average Bonchev–Trinajstić information content (AvgIpc) is 2.31. The van der Waals surface area contributed by atoms with Gasteiger partial charge in [0.1, 0.15) is 0 Å². The molecule has 1 atom stereocenters. The molecule has 112 valence electrons. The van der Waals surface area contributed by atoms with E-state index in [9.17, 15) is 13.2 Å². The molecule has 0 heterocycles. The normalized spacial score (nSPS) is 13.2. The van der Waals surface area contributed by atoms with Crippen LogP contribution in [-0.2, 0) is 14.8 Å². The lowest BCUT2D eigenvalue weighted by Gasteiger charge is -2.15. The molecule has 1 rings (SSSR count). The van der Waals surface area contributed by atoms with E-state index in [4.69, 9.17) is 16.7 Å². The van der Waals surface area contributed by atoms with E-state index in [2.05, 4.69) is 4.72 Å². The Hall–Kier alpha value is -1.11. The van der Waals surface area contributed by atoms with Gasteiger partial charge in [0.15, 0.2) is 0 Å². The molecule has 1 unspecified atom stereocenters. The van der Waals surface area contributed by atoms with Crippen LogP contribution in [0.15, 0.2) is 23.1 Å². The van der Waals surface area contributed by atoms with E-state index in [-0.39, 0.29) is 17.4 Å². The molecule has 20 heavy (non-hydrogen) atoms. The average molecular weight is 320 g/mol. The smallest absolute Gasteiger partial charge is 0.303 e. The summed E-state index contributed by atoms with van der Waals surface area (Å²) in [5, 5.41) is 8.95. The fourth-order valence-electron chi connectivity index (χ4n) is 1.83. The molecule has 7 heteroatoms. The maximum Gasteiger partial charge on any atom is 0.303 e. The summed E-state index contributed by atoms with van der Waals surface area (Å²) >= 11 is 5.92. The van der Waals surface area contributed by atoms with Gasteiger partial charge in [0.05, 0.1) is 4.90 Å². The highest BCUT2D eigenvalue weighted by Gasteiger charge is 2.20. The van der Waals surface area contributed by atoms with Crippen LogP contribution in [-0.4, -0.2) is 25.5 Å². The third kappa shape index (κ3) is 4.77. The van der Waals surface area contributed by atoms with Gasteiger partial charge in [0.25, 0.3) is 0 Å². The van der Waals surface area contributed by atoms with E-state index >= 15 is 0 Å². The van der Waals surface area contributed by atoms with E-state index in [1.54, 1.807) is 26.0 Å². The number of hydrogen-bond donors (Lipinski definition) is 2. The van der Waals surface area contributed by atoms with Crippen molar-refractivity contribution >= 4 is 27.6 Å². The van der Waals surface area contributed by atoms with Crippen LogP contribution < -0.4 is 4.72 Å². The molecule has 2 N–H and O–H groups in total. The molecular weight excluding hydrogens is 302 g/mol. The van der Waals surface area contributed by atoms with Gasteiger partial charge in [0, 0.05) is 17.5 Å². The second kappa shape index (κ2) is 7.06. The molecular formula is C13H18ClNO4S. The molecule has 0 aliphatic heterocycles. The van der Waals surface area contributed by atoms with Crippen LogP contribution in [0.1, 0.15) is 31.7 Å². The van der Waals surface area contributed by atoms with Gasteiger partial charge in [-0.1, -0.05) is 17.7 Å². The van der Waals surface area contributed by atoms with Crippen molar-refractivity contribution in [2.24, 2.45) is 0 Å². The summed E-state index contributed by atoms with van der Waals surface area (Å²) in [7, 11) is -3.65. The Labute approximate surface area is 124 Å². The molecule has 0 radical (unpaired) electrons. The summed E-state index contributed by atoms with van der Waals surface area (Å²) in [6.07, 6.45) is 0.918. The van der Waals surface area contributed by atoms with Gasteiger partial charge in [-0.05, 0) is 44.4 Å². The van der Waals surface area contributed by atoms with Gasteiger partial charge in [-0.2, -0.15) is 0 Å². The Balaban J connectivity index is 2.74. The van der Waals surface area contributed by atoms with Crippen LogP contribution in [0.25, 0.3) is 0 Å². The molecule has 0 fully saturated rings. The first kappa shape index (κ1) is 16.9. The highest BCUT2D eigenvalue weighted by Crippen LogP contribution is 2.23. The standard InChI is InChI=1S/C13H18ClNO4S/c1-9(5-3-8-13(16)17)15-20(18,19)12-7-4-6-11(14)10(12)2/h4,6-7,9,15H,3,5,8H2,1-2H3,(H,16,17). The van der Waals surface area contributed by atoms with E-state index in [0.717, 1.165) is 0 Å². The van der Waals surface area contributed by atoms with E-state index in [1.165, 1.54) is 6.07 Å². The van der Waals surface area contributed by atoms with Gasteiger partial charge < -0.3 is 5.11 Å². The Morgan fingerprint density at radius 2 is 2.10 bits per heavy atom. The summed E-state index contributed by atoms with van der Waals surface area (Å²) in [5.41, 5.74) is 0.499. The number of carboxylic acids is 1. The zero-order chi connectivity index (χ0) is 15.3. The van der Waals surface area contributed by atoms with Crippen molar-refractivity contribution in [3.8, 4) is 0 Å². The first-order chi connectivity index (χ1) is 9.24. The topological polar surface area (TPSA) is 83.5 Å². The number of aliphatic carboxylic acids is 1. The molecule has 0 aliphatic rings. The number of nitrogens with one attached hydrogen (secondary N) is 1. The highest BCUT2D eigenvalue weighted by molar-refractivity contribution is 7.89. The summed E-state index contributed by atoms with van der Waals surface area (Å²) in [5.74, 6) is -0.884. The highest BCUT2D eigenvalue weighted by atomic mass is 35.5.